The van der Waals surface area contributed by atoms with Crippen molar-refractivity contribution >= 4 is 40.2 Å². The Labute approximate surface area is 196 Å². The molecule has 0 radical (unpaired) electrons. The number of nitrogens with one attached hydrogen (secondary N) is 2. The van der Waals surface area contributed by atoms with Crippen molar-refractivity contribution in [2.45, 2.75) is 5.16 Å². The molecule has 0 atom stereocenters. The van der Waals surface area contributed by atoms with Gasteiger partial charge in [-0.15, -0.1) is 0 Å². The first-order valence-corrected chi connectivity index (χ1v) is 11.0. The molecule has 4 rings (SSSR count). The fourth-order valence-corrected chi connectivity index (χ4v) is 3.93. The van der Waals surface area contributed by atoms with Crippen LogP contribution >= 0.6 is 11.8 Å². The lowest BCUT2D eigenvalue weighted by Gasteiger charge is -2.13. The number of carbonyl (C=O) groups is 2. The molecule has 0 saturated carbocycles. The van der Waals surface area contributed by atoms with Gasteiger partial charge in [0.25, 0.3) is 17.2 Å². The molecule has 0 aliphatic carbocycles. The maximum absolute atomic E-state index is 13.1. The molecule has 1 aromatic heterocycles. The first-order valence-electron chi connectivity index (χ1n) is 9.97. The van der Waals surface area contributed by atoms with Crippen molar-refractivity contribution in [3.8, 4) is 5.69 Å². The normalized spacial score (nSPS) is 10.6. The molecule has 10 nitrogen and oxygen atoms in total. The summed E-state index contributed by atoms with van der Waals surface area (Å²) in [5, 5.41) is 11.5. The van der Waals surface area contributed by atoms with Gasteiger partial charge in [-0.25, -0.2) is 4.98 Å². The van der Waals surface area contributed by atoms with Crippen molar-refractivity contribution in [1.29, 1.82) is 0 Å². The highest BCUT2D eigenvalue weighted by atomic mass is 32.2. The second kappa shape index (κ2) is 9.96. The van der Waals surface area contributed by atoms with Crippen molar-refractivity contribution < 1.29 is 14.5 Å². The summed E-state index contributed by atoms with van der Waals surface area (Å²) >= 11 is 1.05. The summed E-state index contributed by atoms with van der Waals surface area (Å²) in [5.41, 5.74) is 5.41. The number of hydrogen-bond donors (Lipinski definition) is 2. The van der Waals surface area contributed by atoms with Crippen LogP contribution in [0.1, 0.15) is 10.4 Å². The Balaban J connectivity index is 1.47. The predicted molar refractivity (Wildman–Crippen MR) is 127 cm³/mol. The number of para-hydroxylation sites is 2. The molecular weight excluding hydrogens is 458 g/mol. The highest BCUT2D eigenvalue weighted by Gasteiger charge is 2.15. The monoisotopic (exact) mass is 475 g/mol. The van der Waals surface area contributed by atoms with Crippen molar-refractivity contribution in [2.75, 3.05) is 5.75 Å². The number of nitrogens with zero attached hydrogens (tertiary/aromatic N) is 3. The molecule has 0 bridgehead atoms. The molecule has 11 heteroatoms. The maximum atomic E-state index is 13.1. The molecule has 170 valence electrons. The molecule has 2 amide bonds. The average Bonchev–Trinajstić information content (AvgIpc) is 2.86. The Bertz CT molecular complexity index is 1440. The molecule has 0 aliphatic rings. The third kappa shape index (κ3) is 4.94. The van der Waals surface area contributed by atoms with Crippen LogP contribution in [0.25, 0.3) is 16.6 Å². The van der Waals surface area contributed by atoms with Gasteiger partial charge >= 0.3 is 0 Å². The average molecular weight is 475 g/mol. The number of rotatable bonds is 6. The molecule has 0 fully saturated rings. The van der Waals surface area contributed by atoms with Crippen molar-refractivity contribution in [2.24, 2.45) is 0 Å². The van der Waals surface area contributed by atoms with E-state index in [1.807, 2.05) is 6.07 Å². The Kier molecular flexibility index (Phi) is 6.64. The molecule has 2 N–H and O–H groups in total. The van der Waals surface area contributed by atoms with E-state index >= 15 is 0 Å². The Morgan fingerprint density at radius 1 is 0.941 bits per heavy atom. The minimum atomic E-state index is -0.627. The molecule has 3 aromatic carbocycles. The Morgan fingerprint density at radius 2 is 1.62 bits per heavy atom. The van der Waals surface area contributed by atoms with E-state index in [0.29, 0.717) is 21.7 Å². The van der Waals surface area contributed by atoms with Crippen molar-refractivity contribution in [1.82, 2.24) is 20.4 Å². The zero-order chi connectivity index (χ0) is 24.1. The zero-order valence-electron chi connectivity index (χ0n) is 17.5. The van der Waals surface area contributed by atoms with E-state index in [-0.39, 0.29) is 22.6 Å². The van der Waals surface area contributed by atoms with Crippen LogP contribution in [0.3, 0.4) is 0 Å². The third-order valence-corrected chi connectivity index (χ3v) is 5.69. The highest BCUT2D eigenvalue weighted by Crippen LogP contribution is 2.21. The fraction of sp³-hybridized carbons (Fsp3) is 0.0435. The summed E-state index contributed by atoms with van der Waals surface area (Å²) in [6.45, 7) is 0. The maximum Gasteiger partial charge on any atom is 0.269 e. The number of aromatic nitrogens is 2. The lowest BCUT2D eigenvalue weighted by atomic mass is 10.2. The Morgan fingerprint density at radius 3 is 2.32 bits per heavy atom. The van der Waals surface area contributed by atoms with E-state index in [4.69, 9.17) is 0 Å². The summed E-state index contributed by atoms with van der Waals surface area (Å²) in [6.07, 6.45) is 0. The van der Waals surface area contributed by atoms with E-state index in [1.165, 1.54) is 28.8 Å². The van der Waals surface area contributed by atoms with Crippen LogP contribution in [0, 0.1) is 10.1 Å². The molecule has 4 aromatic rings. The second-order valence-corrected chi connectivity index (χ2v) is 7.93. The minimum absolute atomic E-state index is 0.127. The van der Waals surface area contributed by atoms with Crippen LogP contribution < -0.4 is 16.4 Å². The second-order valence-electron chi connectivity index (χ2n) is 6.98. The molecular formula is C23H17N5O5S. The van der Waals surface area contributed by atoms with Gasteiger partial charge in [-0.1, -0.05) is 42.1 Å². The number of non-ortho nitro benzene ring substituents is 1. The van der Waals surface area contributed by atoms with Gasteiger partial charge in [-0.05, 0) is 36.4 Å². The van der Waals surface area contributed by atoms with Gasteiger partial charge in [0.1, 0.15) is 0 Å². The fourth-order valence-electron chi connectivity index (χ4n) is 3.11. The zero-order valence-corrected chi connectivity index (χ0v) is 18.3. The third-order valence-electron chi connectivity index (χ3n) is 4.75. The molecule has 0 spiro atoms. The van der Waals surface area contributed by atoms with E-state index < -0.39 is 16.7 Å². The van der Waals surface area contributed by atoms with Gasteiger partial charge in [-0.2, -0.15) is 0 Å². The number of fused-ring (bicyclic) bond motifs is 1. The Hall–Kier alpha value is -4.51. The molecule has 0 saturated heterocycles. The number of carbonyl (C=O) groups excluding carboxylic acids is 2. The van der Waals surface area contributed by atoms with Crippen molar-refractivity contribution in [3.05, 3.63) is 105 Å². The standard InChI is InChI=1S/C23H17N5O5S/c29-20(25-26-21(30)15-10-12-17(13-11-15)28(32)33)14-34-23-24-19-9-5-4-8-18(19)22(31)27(23)16-6-2-1-3-7-16/h1-13H,14H2,(H,25,29)(H,26,30). The van der Waals surface area contributed by atoms with Gasteiger partial charge in [-0.3, -0.25) is 39.9 Å². The number of amides is 2. The van der Waals surface area contributed by atoms with E-state index in [0.717, 1.165) is 11.8 Å². The largest absolute Gasteiger partial charge is 0.272 e. The van der Waals surface area contributed by atoms with Crippen LogP contribution in [0.2, 0.25) is 0 Å². The molecule has 0 aliphatic heterocycles. The lowest BCUT2D eigenvalue weighted by Crippen LogP contribution is -2.42. The number of nitro benzene ring substituents is 1. The molecule has 0 unspecified atom stereocenters. The summed E-state index contributed by atoms with van der Waals surface area (Å²) in [6, 6.07) is 20.9. The van der Waals surface area contributed by atoms with E-state index in [2.05, 4.69) is 15.8 Å². The number of nitro groups is 1. The van der Waals surface area contributed by atoms with Crippen LogP contribution in [0.4, 0.5) is 5.69 Å². The number of benzene rings is 3. The minimum Gasteiger partial charge on any atom is -0.272 e. The first-order chi connectivity index (χ1) is 16.4. The molecule has 1 heterocycles. The number of thioether (sulfide) groups is 1. The van der Waals surface area contributed by atoms with Crippen molar-refractivity contribution in [3.63, 3.8) is 0 Å². The topological polar surface area (TPSA) is 136 Å². The summed E-state index contributed by atoms with van der Waals surface area (Å²) in [7, 11) is 0. The van der Waals surface area contributed by atoms with Crippen LogP contribution in [0.5, 0.6) is 0 Å². The van der Waals surface area contributed by atoms with Crippen LogP contribution in [0.15, 0.2) is 88.8 Å². The van der Waals surface area contributed by atoms with E-state index in [1.54, 1.807) is 48.5 Å². The smallest absolute Gasteiger partial charge is 0.269 e. The summed E-state index contributed by atoms with van der Waals surface area (Å²) in [5.74, 6) is -1.28. The summed E-state index contributed by atoms with van der Waals surface area (Å²) < 4.78 is 1.44. The van der Waals surface area contributed by atoms with Gasteiger partial charge < -0.3 is 0 Å². The SMILES string of the molecule is O=C(CSc1nc2ccccc2c(=O)n1-c1ccccc1)NNC(=O)c1ccc([N+](=O)[O-])cc1. The van der Waals surface area contributed by atoms with Crippen LogP contribution in [-0.2, 0) is 4.79 Å². The number of hydrazine groups is 1. The van der Waals surface area contributed by atoms with Gasteiger partial charge in [0.2, 0.25) is 5.91 Å². The van der Waals surface area contributed by atoms with Crippen LogP contribution in [-0.4, -0.2) is 32.0 Å². The summed E-state index contributed by atoms with van der Waals surface area (Å²) in [4.78, 5) is 52.4. The van der Waals surface area contributed by atoms with Gasteiger partial charge in [0.15, 0.2) is 5.16 Å². The van der Waals surface area contributed by atoms with E-state index in [9.17, 15) is 24.5 Å². The first kappa shape index (κ1) is 22.7. The highest BCUT2D eigenvalue weighted by molar-refractivity contribution is 7.99. The lowest BCUT2D eigenvalue weighted by molar-refractivity contribution is -0.384. The number of hydrogen-bond acceptors (Lipinski definition) is 7. The quantitative estimate of drug-likeness (QED) is 0.189. The molecule has 34 heavy (non-hydrogen) atoms. The van der Waals surface area contributed by atoms with Gasteiger partial charge in [0, 0.05) is 17.7 Å². The predicted octanol–water partition coefficient (Wildman–Crippen LogP) is 2.85. The van der Waals surface area contributed by atoms with Gasteiger partial charge in [0.05, 0.1) is 27.3 Å².